The van der Waals surface area contributed by atoms with Crippen LogP contribution in [0.3, 0.4) is 0 Å². The van der Waals surface area contributed by atoms with E-state index in [9.17, 15) is 9.59 Å². The van der Waals surface area contributed by atoms with E-state index >= 15 is 0 Å². The quantitative estimate of drug-likeness (QED) is 0.333. The number of hydrogen-bond acceptors (Lipinski definition) is 7. The van der Waals surface area contributed by atoms with E-state index in [1.54, 1.807) is 0 Å². The number of rotatable bonds is 10. The van der Waals surface area contributed by atoms with Gasteiger partial charge in [-0.3, -0.25) is 9.59 Å². The second-order valence-corrected chi connectivity index (χ2v) is 8.03. The summed E-state index contributed by atoms with van der Waals surface area (Å²) < 4.78 is 16.5. The first-order valence-electron chi connectivity index (χ1n) is 11.1. The fourth-order valence-electron chi connectivity index (χ4n) is 2.83. The molecule has 0 bridgehead atoms. The highest BCUT2D eigenvalue weighted by Crippen LogP contribution is 2.14. The first kappa shape index (κ1) is 25.2. The first-order chi connectivity index (χ1) is 16.8. The third-order valence-corrected chi connectivity index (χ3v) is 4.32. The molecule has 9 heteroatoms. The number of carbonyl (C=O) groups is 2. The standard InChI is InChI=1S/C26H28N4O5/c1-17(2)33-21-9-5-19(6-10-21)15-27-29-25(31)23-13-14-24(35-23)26(32)30-28-16-20-7-11-22(12-8-20)34-18(3)4/h5-18H,1-4H3,(H,29,31)(H,30,32)/b27-15+,28-16+. The molecule has 0 aliphatic carbocycles. The Balaban J connectivity index is 1.48. The molecule has 2 N–H and O–H groups in total. The molecule has 35 heavy (non-hydrogen) atoms. The minimum atomic E-state index is -0.590. The van der Waals surface area contributed by atoms with Gasteiger partial charge in [0.15, 0.2) is 11.5 Å². The summed E-state index contributed by atoms with van der Waals surface area (Å²) in [5.74, 6) is 0.206. The Bertz CT molecular complexity index is 1090. The van der Waals surface area contributed by atoms with Crippen LogP contribution in [0, 0.1) is 0 Å². The van der Waals surface area contributed by atoms with Gasteiger partial charge in [-0.05, 0) is 99.5 Å². The number of hydrogen-bond donors (Lipinski definition) is 2. The van der Waals surface area contributed by atoms with Crippen LogP contribution in [0.5, 0.6) is 11.5 Å². The smallest absolute Gasteiger partial charge is 0.307 e. The molecule has 0 aliphatic heterocycles. The van der Waals surface area contributed by atoms with Gasteiger partial charge in [0, 0.05) is 0 Å². The van der Waals surface area contributed by atoms with Gasteiger partial charge < -0.3 is 13.9 Å². The second kappa shape index (κ2) is 12.2. The van der Waals surface area contributed by atoms with Crippen molar-refractivity contribution in [3.05, 3.63) is 83.3 Å². The summed E-state index contributed by atoms with van der Waals surface area (Å²) in [5.41, 5.74) is 6.28. The van der Waals surface area contributed by atoms with Crippen LogP contribution < -0.4 is 20.3 Å². The zero-order valence-electron chi connectivity index (χ0n) is 20.0. The Morgan fingerprint density at radius 3 is 1.40 bits per heavy atom. The Labute approximate surface area is 203 Å². The molecular weight excluding hydrogens is 448 g/mol. The van der Waals surface area contributed by atoms with E-state index in [4.69, 9.17) is 13.9 Å². The molecule has 1 aromatic heterocycles. The highest BCUT2D eigenvalue weighted by molar-refractivity contribution is 5.96. The number of benzene rings is 2. The van der Waals surface area contributed by atoms with E-state index in [2.05, 4.69) is 21.1 Å². The average molecular weight is 477 g/mol. The van der Waals surface area contributed by atoms with Crippen molar-refractivity contribution in [1.82, 2.24) is 10.9 Å². The van der Waals surface area contributed by atoms with Gasteiger partial charge in [0.05, 0.1) is 24.6 Å². The van der Waals surface area contributed by atoms with E-state index in [1.807, 2.05) is 76.2 Å². The summed E-state index contributed by atoms with van der Waals surface area (Å²) in [7, 11) is 0. The molecular formula is C26H28N4O5. The van der Waals surface area contributed by atoms with E-state index in [-0.39, 0.29) is 23.7 Å². The third-order valence-electron chi connectivity index (χ3n) is 4.32. The summed E-state index contributed by atoms with van der Waals surface area (Å²) in [5, 5.41) is 7.82. The van der Waals surface area contributed by atoms with E-state index < -0.39 is 11.8 Å². The highest BCUT2D eigenvalue weighted by atomic mass is 16.5. The lowest BCUT2D eigenvalue weighted by Gasteiger charge is -2.09. The summed E-state index contributed by atoms with van der Waals surface area (Å²) >= 11 is 0. The fraction of sp³-hybridized carbons (Fsp3) is 0.231. The maximum atomic E-state index is 12.2. The molecule has 0 unspecified atom stereocenters. The van der Waals surface area contributed by atoms with Crippen LogP contribution in [0.1, 0.15) is 59.9 Å². The number of furan rings is 1. The van der Waals surface area contributed by atoms with Crippen LogP contribution in [-0.4, -0.2) is 36.5 Å². The lowest BCUT2D eigenvalue weighted by molar-refractivity contribution is 0.0902. The van der Waals surface area contributed by atoms with Crippen LogP contribution in [0.25, 0.3) is 0 Å². The molecule has 1 heterocycles. The number of nitrogens with zero attached hydrogens (tertiary/aromatic N) is 2. The molecule has 2 aromatic carbocycles. The molecule has 0 aliphatic rings. The minimum Gasteiger partial charge on any atom is -0.491 e. The van der Waals surface area contributed by atoms with Gasteiger partial charge >= 0.3 is 11.8 Å². The summed E-state index contributed by atoms with van der Waals surface area (Å²) in [6, 6.07) is 17.3. The zero-order chi connectivity index (χ0) is 25.2. The molecule has 0 saturated carbocycles. The Kier molecular flexibility index (Phi) is 8.77. The minimum absolute atomic E-state index is 0.0577. The number of nitrogens with one attached hydrogen (secondary N) is 2. The number of ether oxygens (including phenoxy) is 2. The van der Waals surface area contributed by atoms with E-state index in [1.165, 1.54) is 24.6 Å². The van der Waals surface area contributed by atoms with Crippen molar-refractivity contribution in [2.45, 2.75) is 39.9 Å². The predicted octanol–water partition coefficient (Wildman–Crippen LogP) is 4.38. The van der Waals surface area contributed by atoms with Gasteiger partial charge in [-0.15, -0.1) is 0 Å². The van der Waals surface area contributed by atoms with E-state index in [0.29, 0.717) is 0 Å². The van der Waals surface area contributed by atoms with Crippen LogP contribution in [0.2, 0.25) is 0 Å². The Hall–Kier alpha value is -4.40. The van der Waals surface area contributed by atoms with Crippen molar-refractivity contribution < 1.29 is 23.5 Å². The number of hydrazone groups is 2. The molecule has 0 fully saturated rings. The van der Waals surface area contributed by atoms with Gasteiger partial charge in [-0.1, -0.05) is 0 Å². The van der Waals surface area contributed by atoms with Crippen LogP contribution in [0.4, 0.5) is 0 Å². The maximum absolute atomic E-state index is 12.2. The summed E-state index contributed by atoms with van der Waals surface area (Å²) in [6.07, 6.45) is 3.15. The Morgan fingerprint density at radius 1 is 0.686 bits per heavy atom. The SMILES string of the molecule is CC(C)Oc1ccc(/C=N/NC(=O)c2ccc(C(=O)N/N=C/c3ccc(OC(C)C)cc3)o2)cc1. The van der Waals surface area contributed by atoms with Gasteiger partial charge in [0.25, 0.3) is 0 Å². The van der Waals surface area contributed by atoms with Crippen LogP contribution >= 0.6 is 0 Å². The summed E-state index contributed by atoms with van der Waals surface area (Å²) in [4.78, 5) is 24.5. The van der Waals surface area contributed by atoms with Crippen molar-refractivity contribution in [3.8, 4) is 11.5 Å². The van der Waals surface area contributed by atoms with Crippen LogP contribution in [0.15, 0.2) is 75.3 Å². The lowest BCUT2D eigenvalue weighted by atomic mass is 10.2. The molecule has 2 amide bonds. The maximum Gasteiger partial charge on any atom is 0.307 e. The van der Waals surface area contributed by atoms with Crippen molar-refractivity contribution in [2.75, 3.05) is 0 Å². The van der Waals surface area contributed by atoms with Gasteiger partial charge in [-0.25, -0.2) is 10.9 Å². The van der Waals surface area contributed by atoms with Gasteiger partial charge in [-0.2, -0.15) is 10.2 Å². The largest absolute Gasteiger partial charge is 0.491 e. The predicted molar refractivity (Wildman–Crippen MR) is 133 cm³/mol. The monoisotopic (exact) mass is 476 g/mol. The van der Waals surface area contributed by atoms with Crippen molar-refractivity contribution in [2.24, 2.45) is 10.2 Å². The Morgan fingerprint density at radius 2 is 1.06 bits per heavy atom. The highest BCUT2D eigenvalue weighted by Gasteiger charge is 2.15. The molecule has 3 aromatic rings. The van der Waals surface area contributed by atoms with Gasteiger partial charge in [0.1, 0.15) is 11.5 Å². The first-order valence-corrected chi connectivity index (χ1v) is 11.1. The lowest BCUT2D eigenvalue weighted by Crippen LogP contribution is -2.18. The van der Waals surface area contributed by atoms with Crippen LogP contribution in [-0.2, 0) is 0 Å². The number of carbonyl (C=O) groups excluding carboxylic acids is 2. The average Bonchev–Trinajstić information content (AvgIpc) is 3.31. The molecule has 0 spiro atoms. The summed E-state index contributed by atoms with van der Waals surface area (Å²) in [6.45, 7) is 7.80. The molecule has 0 atom stereocenters. The van der Waals surface area contributed by atoms with Crippen molar-refractivity contribution in [3.63, 3.8) is 0 Å². The molecule has 0 radical (unpaired) electrons. The third kappa shape index (κ3) is 8.15. The molecule has 9 nitrogen and oxygen atoms in total. The fourth-order valence-corrected chi connectivity index (χ4v) is 2.83. The second-order valence-electron chi connectivity index (χ2n) is 8.03. The van der Waals surface area contributed by atoms with Crippen molar-refractivity contribution >= 4 is 24.2 Å². The van der Waals surface area contributed by atoms with Crippen molar-refractivity contribution in [1.29, 1.82) is 0 Å². The number of amides is 2. The zero-order valence-corrected chi connectivity index (χ0v) is 20.0. The topological polar surface area (TPSA) is 115 Å². The van der Waals surface area contributed by atoms with Gasteiger partial charge in [0.2, 0.25) is 0 Å². The molecule has 182 valence electrons. The molecule has 3 rings (SSSR count). The van der Waals surface area contributed by atoms with E-state index in [0.717, 1.165) is 22.6 Å². The normalized spacial score (nSPS) is 11.4. The molecule has 0 saturated heterocycles.